The van der Waals surface area contributed by atoms with Crippen LogP contribution in [0.2, 0.25) is 0 Å². The van der Waals surface area contributed by atoms with Crippen LogP contribution in [0.25, 0.3) is 0 Å². The number of benzene rings is 3. The van der Waals surface area contributed by atoms with Crippen LogP contribution in [0.4, 0.5) is 10.1 Å². The smallest absolute Gasteiger partial charge is 0.171 e. The van der Waals surface area contributed by atoms with Gasteiger partial charge in [-0.2, -0.15) is 0 Å². The molecule has 3 aromatic rings. The van der Waals surface area contributed by atoms with E-state index in [4.69, 9.17) is 12.2 Å². The summed E-state index contributed by atoms with van der Waals surface area (Å²) >= 11 is 5.45. The van der Waals surface area contributed by atoms with Crippen LogP contribution in [0, 0.1) is 19.7 Å². The first kappa shape index (κ1) is 18.1. The number of halogens is 1. The number of aryl methyl sites for hydroxylation is 2. The Morgan fingerprint density at radius 3 is 2.31 bits per heavy atom. The summed E-state index contributed by atoms with van der Waals surface area (Å²) in [6.45, 7) is 4.17. The molecule has 0 aliphatic heterocycles. The molecule has 4 heteroatoms. The maximum atomic E-state index is 13.9. The van der Waals surface area contributed by atoms with Crippen molar-refractivity contribution in [3.8, 4) is 0 Å². The summed E-state index contributed by atoms with van der Waals surface area (Å²) in [5.74, 6) is -0.334. The van der Waals surface area contributed by atoms with Gasteiger partial charge in [-0.25, -0.2) is 4.39 Å². The number of hydrogen-bond acceptors (Lipinski definition) is 1. The third kappa shape index (κ3) is 4.27. The summed E-state index contributed by atoms with van der Waals surface area (Å²) in [7, 11) is 0. The van der Waals surface area contributed by atoms with Crippen molar-refractivity contribution in [3.63, 3.8) is 0 Å². The van der Waals surface area contributed by atoms with E-state index in [0.29, 0.717) is 10.8 Å². The lowest BCUT2D eigenvalue weighted by atomic mass is 9.94. The molecule has 3 aromatic carbocycles. The van der Waals surface area contributed by atoms with Crippen molar-refractivity contribution < 1.29 is 4.39 Å². The number of thiocarbonyl (C=S) groups is 1. The molecule has 0 radical (unpaired) electrons. The van der Waals surface area contributed by atoms with E-state index in [1.807, 2.05) is 18.2 Å². The molecular weight excluding hydrogens is 343 g/mol. The van der Waals surface area contributed by atoms with E-state index in [1.54, 1.807) is 18.2 Å². The highest BCUT2D eigenvalue weighted by molar-refractivity contribution is 7.80. The van der Waals surface area contributed by atoms with Gasteiger partial charge in [0.1, 0.15) is 5.82 Å². The van der Waals surface area contributed by atoms with Crippen LogP contribution in [0.1, 0.15) is 28.3 Å². The molecule has 0 bridgehead atoms. The van der Waals surface area contributed by atoms with E-state index in [9.17, 15) is 4.39 Å². The van der Waals surface area contributed by atoms with Crippen molar-refractivity contribution in [2.24, 2.45) is 0 Å². The Morgan fingerprint density at radius 2 is 1.62 bits per heavy atom. The highest BCUT2D eigenvalue weighted by atomic mass is 32.1. The molecule has 0 saturated carbocycles. The maximum absolute atomic E-state index is 13.9. The Labute approximate surface area is 159 Å². The molecule has 0 amide bonds. The van der Waals surface area contributed by atoms with E-state index in [0.717, 1.165) is 11.1 Å². The monoisotopic (exact) mass is 364 g/mol. The van der Waals surface area contributed by atoms with E-state index >= 15 is 0 Å². The minimum Gasteiger partial charge on any atom is -0.352 e. The number of nitrogens with one attached hydrogen (secondary N) is 2. The zero-order valence-corrected chi connectivity index (χ0v) is 15.6. The van der Waals surface area contributed by atoms with Crippen LogP contribution in [0.15, 0.2) is 72.8 Å². The summed E-state index contributed by atoms with van der Waals surface area (Å²) in [4.78, 5) is 0. The quantitative estimate of drug-likeness (QED) is 0.596. The van der Waals surface area contributed by atoms with Crippen LogP contribution >= 0.6 is 12.2 Å². The fourth-order valence-corrected chi connectivity index (χ4v) is 3.22. The molecule has 0 fully saturated rings. The zero-order chi connectivity index (χ0) is 18.5. The van der Waals surface area contributed by atoms with Crippen molar-refractivity contribution in [2.45, 2.75) is 19.9 Å². The third-order valence-corrected chi connectivity index (χ3v) is 4.49. The Balaban J connectivity index is 1.89. The predicted molar refractivity (Wildman–Crippen MR) is 110 cm³/mol. The van der Waals surface area contributed by atoms with Gasteiger partial charge in [-0.3, -0.25) is 0 Å². The zero-order valence-electron chi connectivity index (χ0n) is 14.8. The van der Waals surface area contributed by atoms with E-state index < -0.39 is 0 Å². The lowest BCUT2D eigenvalue weighted by Crippen LogP contribution is -2.33. The first-order valence-corrected chi connectivity index (χ1v) is 8.89. The summed E-state index contributed by atoms with van der Waals surface area (Å²) in [5.41, 5.74) is 4.99. The Hall–Kier alpha value is -2.72. The van der Waals surface area contributed by atoms with Gasteiger partial charge in [-0.1, -0.05) is 66.2 Å². The average molecular weight is 364 g/mol. The molecule has 0 aromatic heterocycles. The second-order valence-corrected chi connectivity index (χ2v) is 6.69. The van der Waals surface area contributed by atoms with Gasteiger partial charge in [0.2, 0.25) is 0 Å². The van der Waals surface area contributed by atoms with Crippen LogP contribution in [-0.4, -0.2) is 5.11 Å². The molecule has 1 atom stereocenters. The van der Waals surface area contributed by atoms with Crippen molar-refractivity contribution in [3.05, 3.63) is 101 Å². The molecule has 2 nitrogen and oxygen atoms in total. The van der Waals surface area contributed by atoms with Crippen LogP contribution in [-0.2, 0) is 0 Å². The van der Waals surface area contributed by atoms with Crippen molar-refractivity contribution in [1.82, 2.24) is 5.32 Å². The Bertz CT molecular complexity index is 909. The highest BCUT2D eigenvalue weighted by Crippen LogP contribution is 2.26. The van der Waals surface area contributed by atoms with Gasteiger partial charge in [0.25, 0.3) is 0 Å². The van der Waals surface area contributed by atoms with Gasteiger partial charge in [-0.15, -0.1) is 0 Å². The lowest BCUT2D eigenvalue weighted by molar-refractivity contribution is 0.632. The molecule has 2 N–H and O–H groups in total. The van der Waals surface area contributed by atoms with Gasteiger partial charge in [0, 0.05) is 0 Å². The molecular formula is C22H21FN2S. The minimum atomic E-state index is -0.334. The third-order valence-electron chi connectivity index (χ3n) is 4.27. The standard InChI is InChI=1S/C22H21FN2S/c1-15-12-13-18(16(2)14-15)21(17-8-4-3-5-9-17)25-22(26)24-20-11-7-6-10-19(20)23/h3-14,21H,1-2H3,(H2,24,25,26). The van der Waals surface area contributed by atoms with Gasteiger partial charge in [0.15, 0.2) is 5.11 Å². The lowest BCUT2D eigenvalue weighted by Gasteiger charge is -2.24. The van der Waals surface area contributed by atoms with Crippen molar-refractivity contribution >= 4 is 23.0 Å². The number of hydrogen-bond donors (Lipinski definition) is 2. The second kappa shape index (κ2) is 8.11. The number of rotatable bonds is 4. The van der Waals surface area contributed by atoms with E-state index in [2.05, 4.69) is 54.8 Å². The molecule has 0 aliphatic rings. The number of para-hydroxylation sites is 1. The fraction of sp³-hybridized carbons (Fsp3) is 0.136. The molecule has 0 heterocycles. The van der Waals surface area contributed by atoms with E-state index in [1.165, 1.54) is 17.2 Å². The average Bonchev–Trinajstić information content (AvgIpc) is 2.63. The highest BCUT2D eigenvalue weighted by Gasteiger charge is 2.17. The van der Waals surface area contributed by atoms with E-state index in [-0.39, 0.29) is 11.9 Å². The SMILES string of the molecule is Cc1ccc(C(NC(=S)Nc2ccccc2F)c2ccccc2)c(C)c1. The first-order valence-electron chi connectivity index (χ1n) is 8.49. The first-order chi connectivity index (χ1) is 12.5. The van der Waals surface area contributed by atoms with Gasteiger partial charge >= 0.3 is 0 Å². The summed E-state index contributed by atoms with van der Waals surface area (Å²) in [6.07, 6.45) is 0. The van der Waals surface area contributed by atoms with Crippen molar-refractivity contribution in [2.75, 3.05) is 5.32 Å². The molecule has 0 saturated heterocycles. The summed E-state index contributed by atoms with van der Waals surface area (Å²) < 4.78 is 13.9. The summed E-state index contributed by atoms with van der Waals surface area (Å²) in [5, 5.41) is 6.67. The van der Waals surface area contributed by atoms with Crippen molar-refractivity contribution in [1.29, 1.82) is 0 Å². The van der Waals surface area contributed by atoms with Crippen LogP contribution < -0.4 is 10.6 Å². The molecule has 1 unspecified atom stereocenters. The molecule has 26 heavy (non-hydrogen) atoms. The molecule has 3 rings (SSSR count). The number of anilines is 1. The molecule has 0 aliphatic carbocycles. The van der Waals surface area contributed by atoms with Gasteiger partial charge in [-0.05, 0) is 54.9 Å². The van der Waals surface area contributed by atoms with Crippen LogP contribution in [0.3, 0.4) is 0 Å². The maximum Gasteiger partial charge on any atom is 0.171 e. The minimum absolute atomic E-state index is 0.122. The molecule has 132 valence electrons. The predicted octanol–water partition coefficient (Wildman–Crippen LogP) is 5.52. The normalized spacial score (nSPS) is 11.7. The topological polar surface area (TPSA) is 24.1 Å². The fourth-order valence-electron chi connectivity index (χ4n) is 2.99. The Morgan fingerprint density at radius 1 is 0.923 bits per heavy atom. The van der Waals surface area contributed by atoms with Crippen LogP contribution in [0.5, 0.6) is 0 Å². The summed E-state index contributed by atoms with van der Waals surface area (Å²) in [6, 6.07) is 22.8. The van der Waals surface area contributed by atoms with Gasteiger partial charge < -0.3 is 10.6 Å². The Kier molecular flexibility index (Phi) is 5.64. The largest absolute Gasteiger partial charge is 0.352 e. The second-order valence-electron chi connectivity index (χ2n) is 6.28. The molecule has 0 spiro atoms. The van der Waals surface area contributed by atoms with Gasteiger partial charge in [0.05, 0.1) is 11.7 Å².